The van der Waals surface area contributed by atoms with E-state index in [1.807, 2.05) is 12.1 Å². The molecule has 0 aliphatic carbocycles. The first-order valence-electron chi connectivity index (χ1n) is 5.88. The van der Waals surface area contributed by atoms with E-state index in [9.17, 15) is 5.11 Å². The van der Waals surface area contributed by atoms with Crippen LogP contribution in [0.15, 0.2) is 24.3 Å². The molecule has 0 radical (unpaired) electrons. The van der Waals surface area contributed by atoms with Crippen LogP contribution in [0.5, 0.6) is 5.75 Å². The Kier molecular flexibility index (Phi) is 3.80. The van der Waals surface area contributed by atoms with Crippen molar-refractivity contribution in [3.05, 3.63) is 29.8 Å². The van der Waals surface area contributed by atoms with E-state index < -0.39 is 0 Å². The number of phenolic OH excluding ortho intramolecular Hbond substituents is 1. The highest BCUT2D eigenvalue weighted by atomic mass is 16.5. The number of benzene rings is 1. The van der Waals surface area contributed by atoms with Gasteiger partial charge in [-0.2, -0.15) is 0 Å². The molecule has 1 heterocycles. The molecule has 0 bridgehead atoms. The van der Waals surface area contributed by atoms with Crippen molar-refractivity contribution in [2.24, 2.45) is 0 Å². The fourth-order valence-corrected chi connectivity index (χ4v) is 2.07. The van der Waals surface area contributed by atoms with E-state index in [4.69, 9.17) is 4.74 Å². The topological polar surface area (TPSA) is 41.5 Å². The molecule has 2 N–H and O–H groups in total. The summed E-state index contributed by atoms with van der Waals surface area (Å²) in [5.41, 5.74) is 1.10. The van der Waals surface area contributed by atoms with Gasteiger partial charge in [-0.25, -0.2) is 0 Å². The summed E-state index contributed by atoms with van der Waals surface area (Å²) in [4.78, 5) is 0. The van der Waals surface area contributed by atoms with Crippen molar-refractivity contribution in [1.29, 1.82) is 0 Å². The van der Waals surface area contributed by atoms with E-state index in [1.54, 1.807) is 12.1 Å². The maximum atomic E-state index is 9.34. The van der Waals surface area contributed by atoms with Crippen LogP contribution < -0.4 is 5.32 Å². The molecule has 0 aromatic heterocycles. The molecular formula is C13H19NO2. The van der Waals surface area contributed by atoms with Gasteiger partial charge < -0.3 is 15.2 Å². The molecule has 16 heavy (non-hydrogen) atoms. The van der Waals surface area contributed by atoms with Gasteiger partial charge in [0.05, 0.1) is 6.10 Å². The molecule has 0 amide bonds. The molecule has 3 heteroatoms. The minimum atomic E-state index is 0.323. The molecule has 0 spiro atoms. The molecule has 2 rings (SSSR count). The highest BCUT2D eigenvalue weighted by Gasteiger charge is 2.21. The lowest BCUT2D eigenvalue weighted by atomic mass is 10.1. The summed E-state index contributed by atoms with van der Waals surface area (Å²) in [7, 11) is 0. The van der Waals surface area contributed by atoms with Crippen molar-refractivity contribution in [3.63, 3.8) is 0 Å². The average Bonchev–Trinajstić information content (AvgIpc) is 2.79. The lowest BCUT2D eigenvalue weighted by Gasteiger charge is -2.20. The third-order valence-corrected chi connectivity index (χ3v) is 3.06. The number of hydrogen-bond donors (Lipinski definition) is 2. The number of aromatic hydroxyl groups is 1. The van der Waals surface area contributed by atoms with Gasteiger partial charge in [0.15, 0.2) is 0 Å². The largest absolute Gasteiger partial charge is 0.508 e. The number of nitrogens with one attached hydrogen (secondary N) is 1. The lowest BCUT2D eigenvalue weighted by molar-refractivity contribution is 0.0832. The maximum Gasteiger partial charge on any atom is 0.115 e. The number of hydrogen-bond acceptors (Lipinski definition) is 3. The Morgan fingerprint density at radius 1 is 1.56 bits per heavy atom. The number of phenols is 1. The predicted octanol–water partition coefficient (Wildman–Crippen LogP) is 2.05. The zero-order chi connectivity index (χ0) is 11.4. The quantitative estimate of drug-likeness (QED) is 0.817. The Hall–Kier alpha value is -1.06. The summed E-state index contributed by atoms with van der Waals surface area (Å²) >= 11 is 0. The van der Waals surface area contributed by atoms with Gasteiger partial charge in [0.25, 0.3) is 0 Å². The smallest absolute Gasteiger partial charge is 0.115 e. The minimum Gasteiger partial charge on any atom is -0.508 e. The van der Waals surface area contributed by atoms with Gasteiger partial charge in [0.2, 0.25) is 0 Å². The molecule has 1 aliphatic heterocycles. The monoisotopic (exact) mass is 221 g/mol. The molecular weight excluding hydrogens is 202 g/mol. The highest BCUT2D eigenvalue weighted by Crippen LogP contribution is 2.16. The van der Waals surface area contributed by atoms with Gasteiger partial charge in [0.1, 0.15) is 5.75 Å². The normalized spacial score (nSPS) is 22.2. The van der Waals surface area contributed by atoms with Crippen LogP contribution in [0.25, 0.3) is 0 Å². The number of ether oxygens (including phenoxy) is 1. The van der Waals surface area contributed by atoms with E-state index in [1.165, 1.54) is 6.42 Å². The van der Waals surface area contributed by atoms with Crippen molar-refractivity contribution in [1.82, 2.24) is 5.32 Å². The Bertz CT molecular complexity index is 334. The van der Waals surface area contributed by atoms with E-state index in [-0.39, 0.29) is 0 Å². The summed E-state index contributed by atoms with van der Waals surface area (Å²) in [5.74, 6) is 0.323. The van der Waals surface area contributed by atoms with Crippen molar-refractivity contribution in [2.45, 2.75) is 38.5 Å². The fraction of sp³-hybridized carbons (Fsp3) is 0.538. The lowest BCUT2D eigenvalue weighted by Crippen LogP contribution is -2.36. The molecule has 3 nitrogen and oxygen atoms in total. The summed E-state index contributed by atoms with van der Waals surface area (Å²) < 4.78 is 5.61. The van der Waals surface area contributed by atoms with Crippen molar-refractivity contribution in [2.75, 3.05) is 6.61 Å². The van der Waals surface area contributed by atoms with E-state index >= 15 is 0 Å². The second-order valence-electron chi connectivity index (χ2n) is 4.39. The second kappa shape index (κ2) is 5.32. The Labute approximate surface area is 96.4 Å². The predicted molar refractivity (Wildman–Crippen MR) is 63.4 cm³/mol. The fourth-order valence-electron chi connectivity index (χ4n) is 2.07. The first-order chi connectivity index (χ1) is 7.75. The van der Waals surface area contributed by atoms with E-state index in [0.717, 1.165) is 25.1 Å². The van der Waals surface area contributed by atoms with E-state index in [2.05, 4.69) is 12.2 Å². The first kappa shape index (κ1) is 11.4. The molecule has 2 unspecified atom stereocenters. The van der Waals surface area contributed by atoms with E-state index in [0.29, 0.717) is 17.9 Å². The molecule has 1 aromatic carbocycles. The van der Waals surface area contributed by atoms with Crippen LogP contribution in [-0.2, 0) is 11.3 Å². The van der Waals surface area contributed by atoms with Crippen LogP contribution >= 0.6 is 0 Å². The van der Waals surface area contributed by atoms with Gasteiger partial charge in [-0.15, -0.1) is 0 Å². The van der Waals surface area contributed by atoms with Crippen LogP contribution in [0.1, 0.15) is 25.3 Å². The van der Waals surface area contributed by atoms with Gasteiger partial charge >= 0.3 is 0 Å². The van der Waals surface area contributed by atoms with Crippen LogP contribution in [0.3, 0.4) is 0 Å². The Morgan fingerprint density at radius 3 is 3.12 bits per heavy atom. The Morgan fingerprint density at radius 2 is 2.44 bits per heavy atom. The minimum absolute atomic E-state index is 0.323. The third-order valence-electron chi connectivity index (χ3n) is 3.06. The van der Waals surface area contributed by atoms with Gasteiger partial charge in [-0.3, -0.25) is 0 Å². The van der Waals surface area contributed by atoms with Crippen LogP contribution in [0.4, 0.5) is 0 Å². The first-order valence-corrected chi connectivity index (χ1v) is 5.88. The second-order valence-corrected chi connectivity index (χ2v) is 4.39. The van der Waals surface area contributed by atoms with Gasteiger partial charge in [0, 0.05) is 19.2 Å². The standard InChI is InChI=1S/C13H19NO2/c1-10(13-6-3-7-16-13)14-9-11-4-2-5-12(15)8-11/h2,4-5,8,10,13-15H,3,6-7,9H2,1H3. The van der Waals surface area contributed by atoms with Crippen LogP contribution in [0, 0.1) is 0 Å². The summed E-state index contributed by atoms with van der Waals surface area (Å²) in [5, 5.41) is 12.8. The molecule has 1 fully saturated rings. The molecule has 1 saturated heterocycles. The average molecular weight is 221 g/mol. The molecule has 1 aliphatic rings. The van der Waals surface area contributed by atoms with Crippen molar-refractivity contribution < 1.29 is 9.84 Å². The van der Waals surface area contributed by atoms with Crippen LogP contribution in [-0.4, -0.2) is 23.9 Å². The zero-order valence-electron chi connectivity index (χ0n) is 9.65. The van der Waals surface area contributed by atoms with Crippen molar-refractivity contribution in [3.8, 4) is 5.75 Å². The molecule has 0 saturated carbocycles. The third kappa shape index (κ3) is 2.97. The molecule has 1 aromatic rings. The number of rotatable bonds is 4. The molecule has 2 atom stereocenters. The molecule has 88 valence electrons. The Balaban J connectivity index is 1.82. The van der Waals surface area contributed by atoms with Crippen LogP contribution in [0.2, 0.25) is 0 Å². The summed E-state index contributed by atoms with van der Waals surface area (Å²) in [6.45, 7) is 3.82. The van der Waals surface area contributed by atoms with Crippen molar-refractivity contribution >= 4 is 0 Å². The summed E-state index contributed by atoms with van der Waals surface area (Å²) in [6.07, 6.45) is 2.66. The van der Waals surface area contributed by atoms with Gasteiger partial charge in [-0.05, 0) is 37.5 Å². The summed E-state index contributed by atoms with van der Waals surface area (Å²) in [6, 6.07) is 7.71. The highest BCUT2D eigenvalue weighted by molar-refractivity contribution is 5.26. The van der Waals surface area contributed by atoms with Gasteiger partial charge in [-0.1, -0.05) is 12.1 Å². The zero-order valence-corrected chi connectivity index (χ0v) is 9.65. The maximum absolute atomic E-state index is 9.34. The SMILES string of the molecule is CC(NCc1cccc(O)c1)C1CCCO1.